The first-order valence-corrected chi connectivity index (χ1v) is 10.5. The number of rotatable bonds is 8. The summed E-state index contributed by atoms with van der Waals surface area (Å²) in [6.07, 6.45) is 2.76. The molecule has 174 valence electrons. The minimum Gasteiger partial charge on any atom is -0.507 e. The third-order valence-electron chi connectivity index (χ3n) is 5.02. The van der Waals surface area contributed by atoms with E-state index in [0.717, 1.165) is 29.3 Å². The molecule has 0 unspecified atom stereocenters. The number of halogens is 3. The molecule has 0 spiro atoms. The Bertz CT molecular complexity index is 1220. The van der Waals surface area contributed by atoms with Crippen LogP contribution in [0.1, 0.15) is 22.3 Å². The van der Waals surface area contributed by atoms with E-state index in [1.54, 1.807) is 42.5 Å². The highest BCUT2D eigenvalue weighted by molar-refractivity contribution is 5.90. The van der Waals surface area contributed by atoms with E-state index in [4.69, 9.17) is 4.74 Å². The number of esters is 1. The van der Waals surface area contributed by atoms with E-state index in [1.165, 1.54) is 18.2 Å². The van der Waals surface area contributed by atoms with Crippen molar-refractivity contribution in [1.29, 1.82) is 0 Å². The lowest BCUT2D eigenvalue weighted by Gasteiger charge is -2.13. The monoisotopic (exact) mass is 464 g/mol. The molecule has 0 amide bonds. The van der Waals surface area contributed by atoms with Crippen molar-refractivity contribution < 1.29 is 27.8 Å². The predicted molar refractivity (Wildman–Crippen MR) is 127 cm³/mol. The molecular weight excluding hydrogens is 441 g/mol. The van der Waals surface area contributed by atoms with Crippen molar-refractivity contribution in [1.82, 2.24) is 0 Å². The van der Waals surface area contributed by atoms with Gasteiger partial charge in [0.25, 0.3) is 0 Å². The smallest absolute Gasteiger partial charge is 0.416 e. The normalized spacial score (nSPS) is 11.4. The fraction of sp³-hybridized carbons (Fsp3) is 0.107. The Morgan fingerprint density at radius 2 is 1.47 bits per heavy atom. The van der Waals surface area contributed by atoms with Gasteiger partial charge in [0.15, 0.2) is 0 Å². The number of hydrogen-bond acceptors (Lipinski definition) is 3. The zero-order valence-corrected chi connectivity index (χ0v) is 18.3. The summed E-state index contributed by atoms with van der Waals surface area (Å²) in [5.41, 5.74) is 2.52. The maximum atomic E-state index is 12.7. The maximum absolute atomic E-state index is 12.7. The van der Waals surface area contributed by atoms with Gasteiger partial charge in [-0.3, -0.25) is 0 Å². The molecule has 0 aliphatic carbocycles. The molecule has 1 N–H and O–H groups in total. The van der Waals surface area contributed by atoms with Gasteiger partial charge in [0.2, 0.25) is 0 Å². The second-order valence-corrected chi connectivity index (χ2v) is 7.54. The summed E-state index contributed by atoms with van der Waals surface area (Å²) in [5, 5.41) is 10.5. The van der Waals surface area contributed by atoms with Gasteiger partial charge in [0.05, 0.1) is 5.56 Å². The molecule has 3 nitrogen and oxygen atoms in total. The highest BCUT2D eigenvalue weighted by atomic mass is 19.4. The first-order chi connectivity index (χ1) is 16.2. The second-order valence-electron chi connectivity index (χ2n) is 7.54. The summed E-state index contributed by atoms with van der Waals surface area (Å²) >= 11 is 0. The van der Waals surface area contributed by atoms with E-state index in [0.29, 0.717) is 29.5 Å². The van der Waals surface area contributed by atoms with Crippen molar-refractivity contribution in [3.05, 3.63) is 114 Å². The maximum Gasteiger partial charge on any atom is 0.416 e. The van der Waals surface area contributed by atoms with Crippen LogP contribution >= 0.6 is 0 Å². The number of hydrogen-bond donors (Lipinski definition) is 1. The first-order valence-electron chi connectivity index (χ1n) is 10.5. The topological polar surface area (TPSA) is 46.5 Å². The Morgan fingerprint density at radius 3 is 2.06 bits per heavy atom. The van der Waals surface area contributed by atoms with Crippen LogP contribution in [0.25, 0.3) is 17.2 Å². The number of ether oxygens (including phenoxy) is 1. The summed E-state index contributed by atoms with van der Waals surface area (Å²) in [6.45, 7) is 7.47. The summed E-state index contributed by atoms with van der Waals surface area (Å²) in [6, 6.07) is 14.8. The number of carbonyl (C=O) groups is 1. The zero-order chi connectivity index (χ0) is 24.7. The number of benzene rings is 3. The van der Waals surface area contributed by atoms with E-state index in [2.05, 4.69) is 13.2 Å². The lowest BCUT2D eigenvalue weighted by Crippen LogP contribution is -2.05. The van der Waals surface area contributed by atoms with Gasteiger partial charge in [0, 0.05) is 17.2 Å². The number of phenols is 1. The lowest BCUT2D eigenvalue weighted by atomic mass is 9.97. The fourth-order valence-electron chi connectivity index (χ4n) is 3.35. The highest BCUT2D eigenvalue weighted by Crippen LogP contribution is 2.38. The van der Waals surface area contributed by atoms with Gasteiger partial charge in [-0.15, -0.1) is 13.2 Å². The Kier molecular flexibility index (Phi) is 7.74. The molecule has 3 rings (SSSR count). The van der Waals surface area contributed by atoms with Crippen LogP contribution in [0.15, 0.2) is 92.0 Å². The molecule has 3 aromatic carbocycles. The van der Waals surface area contributed by atoms with Crippen molar-refractivity contribution >= 4 is 12.0 Å². The predicted octanol–water partition coefficient (Wildman–Crippen LogP) is 7.15. The van der Waals surface area contributed by atoms with Crippen LogP contribution in [0.2, 0.25) is 0 Å². The molecule has 0 aliphatic rings. The highest BCUT2D eigenvalue weighted by Gasteiger charge is 2.29. The van der Waals surface area contributed by atoms with Gasteiger partial charge in [-0.2, -0.15) is 13.2 Å². The number of phenolic OH excluding ortho intramolecular Hbond substituents is 1. The number of alkyl halides is 3. The van der Waals surface area contributed by atoms with E-state index >= 15 is 0 Å². The van der Waals surface area contributed by atoms with E-state index in [-0.39, 0.29) is 11.5 Å². The number of carbonyl (C=O) groups excluding carboxylic acids is 1. The minimum absolute atomic E-state index is 0.0289. The van der Waals surface area contributed by atoms with Crippen LogP contribution in [0.4, 0.5) is 13.2 Å². The Balaban J connectivity index is 1.89. The Labute approximate surface area is 196 Å². The van der Waals surface area contributed by atoms with Crippen molar-refractivity contribution in [2.75, 3.05) is 0 Å². The van der Waals surface area contributed by atoms with Crippen LogP contribution in [0.5, 0.6) is 11.5 Å². The minimum atomic E-state index is -4.43. The molecule has 0 atom stereocenters. The Morgan fingerprint density at radius 1 is 0.882 bits per heavy atom. The third-order valence-corrected chi connectivity index (χ3v) is 5.02. The van der Waals surface area contributed by atoms with Crippen molar-refractivity contribution in [3.8, 4) is 22.6 Å². The average molecular weight is 464 g/mol. The molecule has 34 heavy (non-hydrogen) atoms. The van der Waals surface area contributed by atoms with Gasteiger partial charge >= 0.3 is 12.1 Å². The first kappa shape index (κ1) is 24.6. The standard InChI is InChI=1S/C28H23F3O3/c1-3-5-20-9-14-25(32)23(17-20)24-18-21(6-4-2)10-15-26(24)34-27(33)16-11-19-7-12-22(13-8-19)28(29,30)31/h3-4,7-18,32H,1-2,5-6H2/b16-11+. The largest absolute Gasteiger partial charge is 0.507 e. The molecule has 0 heterocycles. The van der Waals surface area contributed by atoms with Crippen molar-refractivity contribution in [2.24, 2.45) is 0 Å². The SMILES string of the molecule is C=CCc1ccc(O)c(-c2cc(CC=C)ccc2OC(=O)/C=C/c2ccc(C(F)(F)F)cc2)c1. The van der Waals surface area contributed by atoms with Crippen LogP contribution in [-0.4, -0.2) is 11.1 Å². The van der Waals surface area contributed by atoms with Crippen LogP contribution in [0, 0.1) is 0 Å². The van der Waals surface area contributed by atoms with Gasteiger partial charge in [-0.05, 0) is 72.0 Å². The van der Waals surface area contributed by atoms with Crippen molar-refractivity contribution in [2.45, 2.75) is 19.0 Å². The Hall–Kier alpha value is -4.06. The molecular formula is C28H23F3O3. The van der Waals surface area contributed by atoms with Gasteiger partial charge in [-0.1, -0.05) is 36.4 Å². The lowest BCUT2D eigenvalue weighted by molar-refractivity contribution is -0.137. The van der Waals surface area contributed by atoms with Gasteiger partial charge in [-0.25, -0.2) is 4.79 Å². The molecule has 6 heteroatoms. The van der Waals surface area contributed by atoms with Crippen LogP contribution in [-0.2, 0) is 23.8 Å². The second kappa shape index (κ2) is 10.7. The van der Waals surface area contributed by atoms with Crippen LogP contribution in [0.3, 0.4) is 0 Å². The molecule has 0 radical (unpaired) electrons. The molecule has 3 aromatic rings. The summed E-state index contributed by atoms with van der Waals surface area (Å²) in [4.78, 5) is 12.5. The average Bonchev–Trinajstić information content (AvgIpc) is 2.80. The van der Waals surface area contributed by atoms with Gasteiger partial charge < -0.3 is 9.84 Å². The number of allylic oxidation sites excluding steroid dienone is 2. The molecule has 0 aromatic heterocycles. The summed E-state index contributed by atoms with van der Waals surface area (Å²) in [7, 11) is 0. The quantitative estimate of drug-likeness (QED) is 0.167. The molecule has 0 saturated heterocycles. The molecule has 0 saturated carbocycles. The van der Waals surface area contributed by atoms with Crippen LogP contribution < -0.4 is 4.74 Å². The summed E-state index contributed by atoms with van der Waals surface area (Å²) in [5.74, 6) is -0.443. The van der Waals surface area contributed by atoms with Gasteiger partial charge in [0.1, 0.15) is 11.5 Å². The molecule has 0 aliphatic heterocycles. The summed E-state index contributed by atoms with van der Waals surface area (Å²) < 4.78 is 43.6. The number of aromatic hydroxyl groups is 1. The third kappa shape index (κ3) is 6.25. The van der Waals surface area contributed by atoms with E-state index in [1.807, 2.05) is 6.07 Å². The van der Waals surface area contributed by atoms with E-state index in [9.17, 15) is 23.1 Å². The van der Waals surface area contributed by atoms with Crippen molar-refractivity contribution in [3.63, 3.8) is 0 Å². The fourth-order valence-corrected chi connectivity index (χ4v) is 3.35. The molecule has 0 fully saturated rings. The zero-order valence-electron chi connectivity index (χ0n) is 18.3. The molecule has 0 bridgehead atoms. The van der Waals surface area contributed by atoms with E-state index < -0.39 is 17.7 Å².